The summed E-state index contributed by atoms with van der Waals surface area (Å²) in [5.41, 5.74) is 0.977. The third-order valence-corrected chi connectivity index (χ3v) is 3.41. The lowest BCUT2D eigenvalue weighted by Crippen LogP contribution is -2.25. The highest BCUT2D eigenvalue weighted by Gasteiger charge is 2.37. The molecule has 18 heavy (non-hydrogen) atoms. The summed E-state index contributed by atoms with van der Waals surface area (Å²) in [6, 6.07) is 7.20. The van der Waals surface area contributed by atoms with Crippen LogP contribution in [-0.4, -0.2) is 17.3 Å². The van der Waals surface area contributed by atoms with Gasteiger partial charge in [-0.15, -0.1) is 0 Å². The summed E-state index contributed by atoms with van der Waals surface area (Å²) in [4.78, 5) is 34.7. The molecule has 0 atom stereocenters. The van der Waals surface area contributed by atoms with E-state index in [4.69, 9.17) is 11.6 Å². The van der Waals surface area contributed by atoms with Crippen molar-refractivity contribution in [1.29, 1.82) is 0 Å². The molecule has 0 spiro atoms. The van der Waals surface area contributed by atoms with Crippen molar-refractivity contribution in [3.05, 3.63) is 34.9 Å². The van der Waals surface area contributed by atoms with Gasteiger partial charge in [-0.05, 0) is 24.1 Å². The maximum Gasteiger partial charge on any atom is 0.151 e. The van der Waals surface area contributed by atoms with Crippen molar-refractivity contribution in [2.75, 3.05) is 0 Å². The average molecular weight is 265 g/mol. The van der Waals surface area contributed by atoms with Crippen molar-refractivity contribution < 1.29 is 14.4 Å². The van der Waals surface area contributed by atoms with Crippen LogP contribution in [0.4, 0.5) is 0 Å². The van der Waals surface area contributed by atoms with Crippen LogP contribution in [0.5, 0.6) is 0 Å². The number of hydrogen-bond acceptors (Lipinski definition) is 3. The molecule has 0 N–H and O–H groups in total. The maximum atomic E-state index is 11.8. The fourth-order valence-corrected chi connectivity index (χ4v) is 2.26. The Balaban J connectivity index is 1.94. The number of benzene rings is 1. The summed E-state index contributed by atoms with van der Waals surface area (Å²) >= 11 is 5.76. The van der Waals surface area contributed by atoms with Crippen LogP contribution in [0.3, 0.4) is 0 Å². The number of ketones is 3. The first kappa shape index (κ1) is 13.0. The van der Waals surface area contributed by atoms with Crippen LogP contribution in [0.25, 0.3) is 0 Å². The number of carbonyl (C=O) groups is 3. The van der Waals surface area contributed by atoms with Crippen LogP contribution >= 0.6 is 11.6 Å². The van der Waals surface area contributed by atoms with Crippen molar-refractivity contribution in [1.82, 2.24) is 0 Å². The summed E-state index contributed by atoms with van der Waals surface area (Å²) < 4.78 is 0. The molecule has 1 fully saturated rings. The highest BCUT2D eigenvalue weighted by molar-refractivity contribution is 6.30. The van der Waals surface area contributed by atoms with Crippen LogP contribution in [0.2, 0.25) is 5.02 Å². The summed E-state index contributed by atoms with van der Waals surface area (Å²) in [5, 5.41) is 0.645. The van der Waals surface area contributed by atoms with Crippen LogP contribution in [0, 0.1) is 5.92 Å². The third-order valence-electron chi connectivity index (χ3n) is 3.16. The number of carbonyl (C=O) groups excluding carboxylic acids is 3. The van der Waals surface area contributed by atoms with Crippen LogP contribution < -0.4 is 0 Å². The monoisotopic (exact) mass is 264 g/mol. The molecule has 0 aliphatic heterocycles. The molecule has 4 heteroatoms. The van der Waals surface area contributed by atoms with E-state index < -0.39 is 5.92 Å². The van der Waals surface area contributed by atoms with Crippen molar-refractivity contribution in [3.63, 3.8) is 0 Å². The predicted octanol–water partition coefficient (Wildman–Crippen LogP) is 2.39. The van der Waals surface area contributed by atoms with Crippen molar-refractivity contribution >= 4 is 29.0 Å². The van der Waals surface area contributed by atoms with Gasteiger partial charge in [-0.2, -0.15) is 0 Å². The molecule has 0 saturated heterocycles. The molecule has 94 valence electrons. The minimum absolute atomic E-state index is 0.218. The lowest BCUT2D eigenvalue weighted by molar-refractivity contribution is -0.136. The molecule has 1 saturated carbocycles. The third kappa shape index (κ3) is 2.85. The highest BCUT2D eigenvalue weighted by Crippen LogP contribution is 2.21. The minimum atomic E-state index is -0.989. The Labute approximate surface area is 110 Å². The number of aryl methyl sites for hydroxylation is 1. The zero-order chi connectivity index (χ0) is 13.1. The Hall–Kier alpha value is -1.48. The summed E-state index contributed by atoms with van der Waals surface area (Å²) in [6.45, 7) is 0. The van der Waals surface area contributed by atoms with E-state index in [1.165, 1.54) is 0 Å². The van der Waals surface area contributed by atoms with Gasteiger partial charge >= 0.3 is 0 Å². The molecule has 0 heterocycles. The average Bonchev–Trinajstić information content (AvgIpc) is 2.68. The Morgan fingerprint density at radius 3 is 2.22 bits per heavy atom. The number of halogens is 1. The normalized spacial score (nSPS) is 16.3. The van der Waals surface area contributed by atoms with Gasteiger partial charge in [0.1, 0.15) is 5.92 Å². The van der Waals surface area contributed by atoms with Crippen LogP contribution in [0.1, 0.15) is 24.8 Å². The van der Waals surface area contributed by atoms with E-state index in [9.17, 15) is 14.4 Å². The fraction of sp³-hybridized carbons (Fsp3) is 0.357. The van der Waals surface area contributed by atoms with E-state index in [2.05, 4.69) is 0 Å². The highest BCUT2D eigenvalue weighted by atomic mass is 35.5. The fourth-order valence-electron chi connectivity index (χ4n) is 2.14. The first-order chi connectivity index (χ1) is 8.58. The van der Waals surface area contributed by atoms with E-state index in [1.807, 2.05) is 12.1 Å². The van der Waals surface area contributed by atoms with Gasteiger partial charge in [0.05, 0.1) is 0 Å². The SMILES string of the molecule is O=C1CCC(=O)C1C(=O)CCc1ccc(Cl)cc1. The quantitative estimate of drug-likeness (QED) is 0.785. The van der Waals surface area contributed by atoms with Crippen LogP contribution in [-0.2, 0) is 20.8 Å². The van der Waals surface area contributed by atoms with Crippen molar-refractivity contribution in [3.8, 4) is 0 Å². The van der Waals surface area contributed by atoms with E-state index >= 15 is 0 Å². The first-order valence-electron chi connectivity index (χ1n) is 5.90. The van der Waals surface area contributed by atoms with Crippen LogP contribution in [0.15, 0.2) is 24.3 Å². The Morgan fingerprint density at radius 1 is 1.11 bits per heavy atom. The molecule has 0 unspecified atom stereocenters. The standard InChI is InChI=1S/C14H13ClO3/c15-10-4-1-9(2-5-10)3-6-11(16)14-12(17)7-8-13(14)18/h1-2,4-5,14H,3,6-8H2. The molecule has 0 amide bonds. The molecule has 0 aromatic heterocycles. The summed E-state index contributed by atoms with van der Waals surface area (Å²) in [6.07, 6.45) is 1.20. The predicted molar refractivity (Wildman–Crippen MR) is 67.5 cm³/mol. The molecule has 1 aromatic carbocycles. The molecule has 1 aliphatic rings. The van der Waals surface area contributed by atoms with E-state index in [0.29, 0.717) is 11.4 Å². The minimum Gasteiger partial charge on any atom is -0.298 e. The van der Waals surface area contributed by atoms with Gasteiger partial charge in [-0.25, -0.2) is 0 Å². The van der Waals surface area contributed by atoms with Crippen molar-refractivity contribution in [2.45, 2.75) is 25.7 Å². The maximum absolute atomic E-state index is 11.8. The van der Waals surface area contributed by atoms with Gasteiger partial charge in [-0.3, -0.25) is 14.4 Å². The van der Waals surface area contributed by atoms with E-state index in [0.717, 1.165) is 5.56 Å². The van der Waals surface area contributed by atoms with Gasteiger partial charge in [0.2, 0.25) is 0 Å². The smallest absolute Gasteiger partial charge is 0.151 e. The van der Waals surface area contributed by atoms with Gasteiger partial charge in [0, 0.05) is 24.3 Å². The second kappa shape index (κ2) is 5.44. The molecular formula is C14H13ClO3. The van der Waals surface area contributed by atoms with Gasteiger partial charge in [-0.1, -0.05) is 23.7 Å². The molecule has 2 rings (SSSR count). The molecule has 1 aromatic rings. The molecule has 0 bridgehead atoms. The summed E-state index contributed by atoms with van der Waals surface area (Å²) in [5.74, 6) is -1.68. The lowest BCUT2D eigenvalue weighted by Gasteiger charge is -2.06. The zero-order valence-electron chi connectivity index (χ0n) is 9.82. The first-order valence-corrected chi connectivity index (χ1v) is 6.28. The van der Waals surface area contributed by atoms with E-state index in [-0.39, 0.29) is 36.6 Å². The summed E-state index contributed by atoms with van der Waals surface area (Å²) in [7, 11) is 0. The topological polar surface area (TPSA) is 51.2 Å². The number of rotatable bonds is 4. The number of hydrogen-bond donors (Lipinski definition) is 0. The molecule has 1 aliphatic carbocycles. The Bertz CT molecular complexity index is 474. The molecule has 0 radical (unpaired) electrons. The molecular weight excluding hydrogens is 252 g/mol. The second-order valence-corrected chi connectivity index (χ2v) is 4.89. The van der Waals surface area contributed by atoms with Gasteiger partial charge in [0.25, 0.3) is 0 Å². The lowest BCUT2D eigenvalue weighted by atomic mass is 9.95. The van der Waals surface area contributed by atoms with Gasteiger partial charge < -0.3 is 0 Å². The zero-order valence-corrected chi connectivity index (χ0v) is 10.6. The van der Waals surface area contributed by atoms with E-state index in [1.54, 1.807) is 12.1 Å². The number of Topliss-reactive ketones (excluding diaryl/α,β-unsaturated/α-hetero) is 3. The second-order valence-electron chi connectivity index (χ2n) is 4.46. The Morgan fingerprint density at radius 2 is 1.67 bits per heavy atom. The van der Waals surface area contributed by atoms with Gasteiger partial charge in [0.15, 0.2) is 17.3 Å². The molecule has 3 nitrogen and oxygen atoms in total. The Kier molecular flexibility index (Phi) is 3.92. The van der Waals surface area contributed by atoms with Crippen molar-refractivity contribution in [2.24, 2.45) is 5.92 Å². The largest absolute Gasteiger partial charge is 0.298 e.